The zero-order valence-electron chi connectivity index (χ0n) is 12.8. The van der Waals surface area contributed by atoms with Crippen LogP contribution in [0.15, 0.2) is 18.2 Å². The second-order valence-electron chi connectivity index (χ2n) is 4.82. The smallest absolute Gasteiger partial charge is 0.270 e. The summed E-state index contributed by atoms with van der Waals surface area (Å²) in [7, 11) is 3.30. The molecule has 1 atom stereocenters. The van der Waals surface area contributed by atoms with Crippen LogP contribution in [0.5, 0.6) is 5.75 Å². The van der Waals surface area contributed by atoms with E-state index in [-0.39, 0.29) is 11.6 Å². The summed E-state index contributed by atoms with van der Waals surface area (Å²) >= 11 is 0. The molecule has 0 fully saturated rings. The predicted octanol–water partition coefficient (Wildman–Crippen LogP) is 1.56. The van der Waals surface area contributed by atoms with Gasteiger partial charge >= 0.3 is 0 Å². The van der Waals surface area contributed by atoms with Gasteiger partial charge in [0.2, 0.25) is 0 Å². The molecule has 1 rings (SSSR count). The SMILES string of the molecule is CCNCc1cc([N+](=O)[O-])ccc1OC(C)C(=O)N(C)C. The van der Waals surface area contributed by atoms with E-state index in [0.29, 0.717) is 17.9 Å². The summed E-state index contributed by atoms with van der Waals surface area (Å²) in [6.07, 6.45) is -0.651. The van der Waals surface area contributed by atoms with Crippen LogP contribution in [0.1, 0.15) is 19.4 Å². The standard InChI is InChI=1S/C14H21N3O4/c1-5-15-9-11-8-12(17(19)20)6-7-13(11)21-10(2)14(18)16(3)4/h6-8,10,15H,5,9H2,1-4H3. The first-order chi connectivity index (χ1) is 9.86. The molecule has 0 saturated heterocycles. The van der Waals surface area contributed by atoms with Crippen LogP contribution in [0.3, 0.4) is 0 Å². The summed E-state index contributed by atoms with van der Waals surface area (Å²) in [5.41, 5.74) is 0.659. The Bertz CT molecular complexity index is 517. The molecular formula is C14H21N3O4. The fourth-order valence-corrected chi connectivity index (χ4v) is 1.80. The molecule has 0 heterocycles. The molecule has 0 saturated carbocycles. The number of hydrogen-bond acceptors (Lipinski definition) is 5. The number of carbonyl (C=O) groups excluding carboxylic acids is 1. The summed E-state index contributed by atoms with van der Waals surface area (Å²) in [4.78, 5) is 23.7. The normalized spacial score (nSPS) is 11.8. The number of nitrogens with one attached hydrogen (secondary N) is 1. The molecule has 21 heavy (non-hydrogen) atoms. The van der Waals surface area contributed by atoms with Crippen molar-refractivity contribution < 1.29 is 14.5 Å². The van der Waals surface area contributed by atoms with Crippen molar-refractivity contribution in [3.63, 3.8) is 0 Å². The molecule has 1 aromatic rings. The van der Waals surface area contributed by atoms with Gasteiger partial charge in [0.1, 0.15) is 5.75 Å². The first-order valence-electron chi connectivity index (χ1n) is 6.72. The first kappa shape index (κ1) is 16.9. The van der Waals surface area contributed by atoms with E-state index in [1.165, 1.54) is 23.1 Å². The molecule has 0 aliphatic rings. The van der Waals surface area contributed by atoms with Crippen LogP contribution >= 0.6 is 0 Å². The van der Waals surface area contributed by atoms with Crippen LogP contribution in [0.2, 0.25) is 0 Å². The molecule has 1 amide bonds. The maximum Gasteiger partial charge on any atom is 0.270 e. The number of nitro groups is 1. The van der Waals surface area contributed by atoms with Crippen molar-refractivity contribution in [2.75, 3.05) is 20.6 Å². The van der Waals surface area contributed by atoms with E-state index < -0.39 is 11.0 Å². The zero-order chi connectivity index (χ0) is 16.0. The van der Waals surface area contributed by atoms with Crippen LogP contribution in [0.25, 0.3) is 0 Å². The summed E-state index contributed by atoms with van der Waals surface area (Å²) < 4.78 is 5.65. The highest BCUT2D eigenvalue weighted by molar-refractivity contribution is 5.80. The average Bonchev–Trinajstić information content (AvgIpc) is 2.44. The Morgan fingerprint density at radius 3 is 2.67 bits per heavy atom. The third kappa shape index (κ3) is 4.71. The van der Waals surface area contributed by atoms with Crippen LogP contribution in [0.4, 0.5) is 5.69 Å². The molecule has 0 bridgehead atoms. The summed E-state index contributed by atoms with van der Waals surface area (Å²) in [6.45, 7) is 4.77. The third-order valence-electron chi connectivity index (χ3n) is 2.91. The lowest BCUT2D eigenvalue weighted by Gasteiger charge is -2.20. The molecule has 0 spiro atoms. The minimum absolute atomic E-state index is 0.00171. The number of likely N-dealkylation sites (N-methyl/N-ethyl adjacent to an activating group) is 1. The largest absolute Gasteiger partial charge is 0.481 e. The predicted molar refractivity (Wildman–Crippen MR) is 79.3 cm³/mol. The Kier molecular flexibility index (Phi) is 6.10. The molecule has 1 N–H and O–H groups in total. The Morgan fingerprint density at radius 2 is 2.14 bits per heavy atom. The lowest BCUT2D eigenvalue weighted by molar-refractivity contribution is -0.384. The van der Waals surface area contributed by atoms with Gasteiger partial charge in [-0.25, -0.2) is 0 Å². The average molecular weight is 295 g/mol. The van der Waals surface area contributed by atoms with Crippen molar-refractivity contribution in [3.8, 4) is 5.75 Å². The van der Waals surface area contributed by atoms with Crippen molar-refractivity contribution >= 4 is 11.6 Å². The quantitative estimate of drug-likeness (QED) is 0.609. The summed E-state index contributed by atoms with van der Waals surface area (Å²) in [5.74, 6) is 0.312. The van der Waals surface area contributed by atoms with E-state index in [2.05, 4.69) is 5.32 Å². The topological polar surface area (TPSA) is 84.7 Å². The molecule has 7 nitrogen and oxygen atoms in total. The van der Waals surface area contributed by atoms with E-state index in [0.717, 1.165) is 6.54 Å². The zero-order valence-corrected chi connectivity index (χ0v) is 12.8. The summed E-state index contributed by atoms with van der Waals surface area (Å²) in [5, 5.41) is 13.9. The monoisotopic (exact) mass is 295 g/mol. The van der Waals surface area contributed by atoms with Gasteiger partial charge in [-0.15, -0.1) is 0 Å². The number of non-ortho nitro benzene ring substituents is 1. The first-order valence-corrected chi connectivity index (χ1v) is 6.72. The Balaban J connectivity index is 2.99. The minimum atomic E-state index is -0.651. The highest BCUT2D eigenvalue weighted by Gasteiger charge is 2.19. The number of rotatable bonds is 7. The van der Waals surface area contributed by atoms with Gasteiger partial charge in [0.25, 0.3) is 11.6 Å². The number of benzene rings is 1. The number of nitro benzene ring substituents is 1. The second kappa shape index (κ2) is 7.58. The number of carbonyl (C=O) groups is 1. The van der Waals surface area contributed by atoms with Crippen molar-refractivity contribution in [2.24, 2.45) is 0 Å². The van der Waals surface area contributed by atoms with Gasteiger partial charge in [0.15, 0.2) is 6.10 Å². The molecular weight excluding hydrogens is 274 g/mol. The number of ether oxygens (including phenoxy) is 1. The van der Waals surface area contributed by atoms with Gasteiger partial charge in [-0.3, -0.25) is 14.9 Å². The van der Waals surface area contributed by atoms with E-state index in [1.54, 1.807) is 21.0 Å². The van der Waals surface area contributed by atoms with E-state index in [1.807, 2.05) is 6.92 Å². The van der Waals surface area contributed by atoms with Gasteiger partial charge < -0.3 is 15.0 Å². The lowest BCUT2D eigenvalue weighted by atomic mass is 10.1. The number of nitrogens with zero attached hydrogens (tertiary/aromatic N) is 2. The van der Waals surface area contributed by atoms with Gasteiger partial charge in [0.05, 0.1) is 4.92 Å². The molecule has 0 aromatic heterocycles. The van der Waals surface area contributed by atoms with Gasteiger partial charge in [0, 0.05) is 38.3 Å². The highest BCUT2D eigenvalue weighted by Crippen LogP contribution is 2.25. The van der Waals surface area contributed by atoms with E-state index in [4.69, 9.17) is 4.74 Å². The van der Waals surface area contributed by atoms with Crippen LogP contribution < -0.4 is 10.1 Å². The van der Waals surface area contributed by atoms with Crippen molar-refractivity contribution in [3.05, 3.63) is 33.9 Å². The van der Waals surface area contributed by atoms with Gasteiger partial charge in [-0.2, -0.15) is 0 Å². The van der Waals surface area contributed by atoms with Crippen LogP contribution in [-0.2, 0) is 11.3 Å². The number of amides is 1. The van der Waals surface area contributed by atoms with Crippen molar-refractivity contribution in [1.82, 2.24) is 10.2 Å². The molecule has 116 valence electrons. The van der Waals surface area contributed by atoms with E-state index in [9.17, 15) is 14.9 Å². The van der Waals surface area contributed by atoms with Gasteiger partial charge in [-0.1, -0.05) is 6.92 Å². The minimum Gasteiger partial charge on any atom is -0.481 e. The molecule has 1 unspecified atom stereocenters. The van der Waals surface area contributed by atoms with Crippen molar-refractivity contribution in [2.45, 2.75) is 26.5 Å². The lowest BCUT2D eigenvalue weighted by Crippen LogP contribution is -2.35. The van der Waals surface area contributed by atoms with Gasteiger partial charge in [-0.05, 0) is 19.5 Å². The summed E-state index contributed by atoms with van der Waals surface area (Å²) in [6, 6.07) is 4.37. The van der Waals surface area contributed by atoms with E-state index >= 15 is 0 Å². The molecule has 0 aliphatic carbocycles. The maximum atomic E-state index is 11.8. The van der Waals surface area contributed by atoms with Crippen LogP contribution in [-0.4, -0.2) is 42.5 Å². The molecule has 0 radical (unpaired) electrons. The Hall–Kier alpha value is -2.15. The fraction of sp³-hybridized carbons (Fsp3) is 0.500. The van der Waals surface area contributed by atoms with Crippen molar-refractivity contribution in [1.29, 1.82) is 0 Å². The molecule has 0 aliphatic heterocycles. The highest BCUT2D eigenvalue weighted by atomic mass is 16.6. The molecule has 1 aromatic carbocycles. The Labute approximate surface area is 124 Å². The maximum absolute atomic E-state index is 11.8. The number of hydrogen-bond donors (Lipinski definition) is 1. The Morgan fingerprint density at radius 1 is 1.48 bits per heavy atom. The second-order valence-corrected chi connectivity index (χ2v) is 4.82. The third-order valence-corrected chi connectivity index (χ3v) is 2.91. The molecule has 7 heteroatoms. The van der Waals surface area contributed by atoms with Crippen LogP contribution in [0, 0.1) is 10.1 Å². The fourth-order valence-electron chi connectivity index (χ4n) is 1.80.